The Morgan fingerprint density at radius 2 is 0.702 bits per heavy atom. The standard InChI is InChI=1S/C51H86O6/c1-4-7-10-13-16-19-22-24-25-26-27-28-30-32-35-38-41-44-50(53)56-47-48(46-55-49(52)43-40-37-34-31-21-18-15-12-9-6-3)57-51(54)45-42-39-36-33-29-23-20-17-14-11-8-5-2/h7,10,16-17,19-20,24-25,27-28,32,35,48H,4-6,8-9,11-15,18,21-23,26,29-31,33-34,36-47H2,1-3H3/b10-7-,19-16-,20-17-,25-24-,28-27-,35-32-. The number of esters is 3. The van der Waals surface area contributed by atoms with Gasteiger partial charge in [0.2, 0.25) is 0 Å². The van der Waals surface area contributed by atoms with Gasteiger partial charge in [-0.1, -0.05) is 184 Å². The van der Waals surface area contributed by atoms with Crippen LogP contribution in [0.15, 0.2) is 72.9 Å². The Morgan fingerprint density at radius 1 is 0.368 bits per heavy atom. The predicted octanol–water partition coefficient (Wildman–Crippen LogP) is 15.1. The van der Waals surface area contributed by atoms with Crippen molar-refractivity contribution >= 4 is 17.9 Å². The number of unbranched alkanes of at least 4 members (excludes halogenated alkanes) is 18. The molecule has 6 heteroatoms. The van der Waals surface area contributed by atoms with E-state index in [-0.39, 0.29) is 37.5 Å². The number of carbonyl (C=O) groups excluding carboxylic acids is 3. The molecular formula is C51H86O6. The number of hydrogen-bond donors (Lipinski definition) is 0. The molecule has 0 aliphatic rings. The SMILES string of the molecule is CC/C=C\C/C=C\C/C=C\C/C=C\C/C=C\CCCC(=O)OCC(COC(=O)CCCCCCCCCCCC)OC(=O)CCCCCCC/C=C\CCCCC. The van der Waals surface area contributed by atoms with E-state index >= 15 is 0 Å². The lowest BCUT2D eigenvalue weighted by molar-refractivity contribution is -0.167. The summed E-state index contributed by atoms with van der Waals surface area (Å²) in [6.45, 7) is 6.41. The minimum absolute atomic E-state index is 0.0956. The van der Waals surface area contributed by atoms with Crippen molar-refractivity contribution in [3.05, 3.63) is 72.9 Å². The molecule has 0 aliphatic carbocycles. The summed E-state index contributed by atoms with van der Waals surface area (Å²) in [4.78, 5) is 37.7. The average molecular weight is 795 g/mol. The summed E-state index contributed by atoms with van der Waals surface area (Å²) in [6.07, 6.45) is 56.0. The maximum Gasteiger partial charge on any atom is 0.306 e. The summed E-state index contributed by atoms with van der Waals surface area (Å²) in [5.74, 6) is -0.971. The molecule has 1 unspecified atom stereocenters. The minimum atomic E-state index is -0.798. The molecule has 326 valence electrons. The molecule has 0 aromatic carbocycles. The van der Waals surface area contributed by atoms with Crippen LogP contribution in [0.4, 0.5) is 0 Å². The molecule has 0 saturated heterocycles. The van der Waals surface area contributed by atoms with Crippen LogP contribution in [0.2, 0.25) is 0 Å². The number of hydrogen-bond acceptors (Lipinski definition) is 6. The lowest BCUT2D eigenvalue weighted by atomic mass is 10.1. The summed E-state index contributed by atoms with van der Waals surface area (Å²) < 4.78 is 16.7. The van der Waals surface area contributed by atoms with Crippen LogP contribution < -0.4 is 0 Å². The van der Waals surface area contributed by atoms with Crippen molar-refractivity contribution in [1.29, 1.82) is 0 Å². The number of rotatable bonds is 41. The highest BCUT2D eigenvalue weighted by atomic mass is 16.6. The molecule has 0 saturated carbocycles. The quantitative estimate of drug-likeness (QED) is 0.0265. The van der Waals surface area contributed by atoms with Crippen LogP contribution in [-0.2, 0) is 28.6 Å². The molecular weight excluding hydrogens is 709 g/mol. The fourth-order valence-corrected chi connectivity index (χ4v) is 6.18. The van der Waals surface area contributed by atoms with Crippen LogP contribution in [0.3, 0.4) is 0 Å². The Hall–Kier alpha value is -3.15. The molecule has 0 rings (SSSR count). The second kappa shape index (κ2) is 45.6. The van der Waals surface area contributed by atoms with Gasteiger partial charge in [0.25, 0.3) is 0 Å². The van der Waals surface area contributed by atoms with Gasteiger partial charge in [-0.25, -0.2) is 0 Å². The Bertz CT molecular complexity index is 1100. The zero-order chi connectivity index (χ0) is 41.5. The zero-order valence-corrected chi connectivity index (χ0v) is 37.1. The highest BCUT2D eigenvalue weighted by Gasteiger charge is 2.19. The Kier molecular flexibility index (Phi) is 43.0. The van der Waals surface area contributed by atoms with Crippen LogP contribution >= 0.6 is 0 Å². The van der Waals surface area contributed by atoms with Gasteiger partial charge < -0.3 is 14.2 Å². The van der Waals surface area contributed by atoms with E-state index in [9.17, 15) is 14.4 Å². The second-order valence-corrected chi connectivity index (χ2v) is 15.3. The Morgan fingerprint density at radius 3 is 1.19 bits per heavy atom. The zero-order valence-electron chi connectivity index (χ0n) is 37.1. The van der Waals surface area contributed by atoms with Gasteiger partial charge in [0.05, 0.1) is 0 Å². The van der Waals surface area contributed by atoms with E-state index in [4.69, 9.17) is 14.2 Å². The van der Waals surface area contributed by atoms with E-state index < -0.39 is 6.10 Å². The lowest BCUT2D eigenvalue weighted by Gasteiger charge is -2.18. The van der Waals surface area contributed by atoms with E-state index in [1.165, 1.54) is 77.0 Å². The number of ether oxygens (including phenoxy) is 3. The average Bonchev–Trinajstić information content (AvgIpc) is 3.21. The predicted molar refractivity (Wildman–Crippen MR) is 242 cm³/mol. The number of allylic oxidation sites excluding steroid dienone is 12. The van der Waals surface area contributed by atoms with Gasteiger partial charge in [-0.2, -0.15) is 0 Å². The Labute approximate surface area is 351 Å². The molecule has 0 bridgehead atoms. The van der Waals surface area contributed by atoms with Crippen LogP contribution in [0, 0.1) is 0 Å². The molecule has 57 heavy (non-hydrogen) atoms. The van der Waals surface area contributed by atoms with Crippen molar-refractivity contribution in [2.75, 3.05) is 13.2 Å². The highest BCUT2D eigenvalue weighted by molar-refractivity contribution is 5.71. The van der Waals surface area contributed by atoms with E-state index in [1.807, 2.05) is 0 Å². The van der Waals surface area contributed by atoms with E-state index in [0.717, 1.165) is 89.9 Å². The van der Waals surface area contributed by atoms with E-state index in [0.29, 0.717) is 19.3 Å². The van der Waals surface area contributed by atoms with Crippen molar-refractivity contribution in [1.82, 2.24) is 0 Å². The minimum Gasteiger partial charge on any atom is -0.462 e. The third-order valence-corrected chi connectivity index (χ3v) is 9.70. The maximum atomic E-state index is 12.7. The molecule has 1 atom stereocenters. The molecule has 0 N–H and O–H groups in total. The first-order valence-electron chi connectivity index (χ1n) is 23.4. The smallest absolute Gasteiger partial charge is 0.306 e. The van der Waals surface area contributed by atoms with Crippen molar-refractivity contribution in [3.63, 3.8) is 0 Å². The van der Waals surface area contributed by atoms with Gasteiger partial charge in [0, 0.05) is 19.3 Å². The summed E-state index contributed by atoms with van der Waals surface area (Å²) in [5, 5.41) is 0. The van der Waals surface area contributed by atoms with Gasteiger partial charge in [-0.05, 0) is 83.5 Å². The summed E-state index contributed by atoms with van der Waals surface area (Å²) >= 11 is 0. The summed E-state index contributed by atoms with van der Waals surface area (Å²) in [6, 6.07) is 0. The molecule has 0 fully saturated rings. The third kappa shape index (κ3) is 43.8. The first-order valence-corrected chi connectivity index (χ1v) is 23.4. The highest BCUT2D eigenvalue weighted by Crippen LogP contribution is 2.13. The number of carbonyl (C=O) groups is 3. The van der Waals surface area contributed by atoms with Crippen molar-refractivity contribution in [3.8, 4) is 0 Å². The van der Waals surface area contributed by atoms with Crippen LogP contribution in [0.25, 0.3) is 0 Å². The van der Waals surface area contributed by atoms with E-state index in [1.54, 1.807) is 0 Å². The van der Waals surface area contributed by atoms with Gasteiger partial charge in [0.15, 0.2) is 6.10 Å². The largest absolute Gasteiger partial charge is 0.462 e. The van der Waals surface area contributed by atoms with Crippen LogP contribution in [-0.4, -0.2) is 37.2 Å². The topological polar surface area (TPSA) is 78.9 Å². The summed E-state index contributed by atoms with van der Waals surface area (Å²) in [7, 11) is 0. The van der Waals surface area contributed by atoms with Crippen molar-refractivity contribution in [2.45, 2.75) is 219 Å². The fraction of sp³-hybridized carbons (Fsp3) is 0.706. The molecule has 0 aromatic rings. The lowest BCUT2D eigenvalue weighted by Crippen LogP contribution is -2.30. The second-order valence-electron chi connectivity index (χ2n) is 15.3. The van der Waals surface area contributed by atoms with Gasteiger partial charge in [0.1, 0.15) is 13.2 Å². The monoisotopic (exact) mass is 795 g/mol. The molecule has 0 radical (unpaired) electrons. The van der Waals surface area contributed by atoms with Crippen LogP contribution in [0.5, 0.6) is 0 Å². The van der Waals surface area contributed by atoms with Crippen molar-refractivity contribution < 1.29 is 28.6 Å². The normalized spacial score (nSPS) is 12.7. The van der Waals surface area contributed by atoms with Crippen LogP contribution in [0.1, 0.15) is 213 Å². The third-order valence-electron chi connectivity index (χ3n) is 9.70. The van der Waals surface area contributed by atoms with Gasteiger partial charge in [-0.15, -0.1) is 0 Å². The molecule has 0 aromatic heterocycles. The molecule has 6 nitrogen and oxygen atoms in total. The Balaban J connectivity index is 4.47. The molecule has 0 amide bonds. The molecule has 0 heterocycles. The fourth-order valence-electron chi connectivity index (χ4n) is 6.18. The van der Waals surface area contributed by atoms with Gasteiger partial charge >= 0.3 is 17.9 Å². The first-order chi connectivity index (χ1) is 28.0. The molecule has 0 aliphatic heterocycles. The first kappa shape index (κ1) is 53.9. The van der Waals surface area contributed by atoms with Gasteiger partial charge in [-0.3, -0.25) is 14.4 Å². The van der Waals surface area contributed by atoms with Crippen molar-refractivity contribution in [2.24, 2.45) is 0 Å². The molecule has 0 spiro atoms. The van der Waals surface area contributed by atoms with E-state index in [2.05, 4.69) is 93.7 Å². The summed E-state index contributed by atoms with van der Waals surface area (Å²) in [5.41, 5.74) is 0. The maximum absolute atomic E-state index is 12.7.